The van der Waals surface area contributed by atoms with Gasteiger partial charge in [0.15, 0.2) is 0 Å². The van der Waals surface area contributed by atoms with E-state index in [0.717, 1.165) is 5.56 Å². The lowest BCUT2D eigenvalue weighted by molar-refractivity contribution is -0.120. The minimum atomic E-state index is -0.107. The number of rotatable bonds is 7. The Kier molecular flexibility index (Phi) is 6.12. The van der Waals surface area contributed by atoms with Gasteiger partial charge in [0, 0.05) is 25.6 Å². The Balaban J connectivity index is 1.87. The van der Waals surface area contributed by atoms with Crippen molar-refractivity contribution >= 4 is 11.8 Å². The summed E-state index contributed by atoms with van der Waals surface area (Å²) in [5.74, 6) is 1.01. The fraction of sp³-hybridized carbons (Fsp3) is 0.389. The van der Waals surface area contributed by atoms with Crippen LogP contribution in [0.5, 0.6) is 0 Å². The predicted octanol–water partition coefficient (Wildman–Crippen LogP) is 2.14. The van der Waals surface area contributed by atoms with E-state index >= 15 is 0 Å². The molecule has 128 valence electrons. The van der Waals surface area contributed by atoms with Gasteiger partial charge in [-0.3, -0.25) is 9.59 Å². The number of hydrogen-bond donors (Lipinski definition) is 2. The molecule has 6 heteroatoms. The van der Waals surface area contributed by atoms with Gasteiger partial charge in [-0.05, 0) is 32.4 Å². The van der Waals surface area contributed by atoms with Crippen LogP contribution >= 0.6 is 0 Å². The number of nitrogens with zero attached hydrogens (tertiary/aromatic N) is 1. The van der Waals surface area contributed by atoms with Crippen LogP contribution < -0.4 is 10.6 Å². The van der Waals surface area contributed by atoms with Gasteiger partial charge in [0.1, 0.15) is 5.76 Å². The van der Waals surface area contributed by atoms with Crippen molar-refractivity contribution in [2.45, 2.75) is 33.6 Å². The van der Waals surface area contributed by atoms with Crippen molar-refractivity contribution in [3.63, 3.8) is 0 Å². The lowest BCUT2D eigenvalue weighted by Gasteiger charge is -2.04. The number of oxazole rings is 1. The maximum Gasteiger partial charge on any atom is 0.226 e. The average molecular weight is 329 g/mol. The highest BCUT2D eigenvalue weighted by molar-refractivity contribution is 5.78. The summed E-state index contributed by atoms with van der Waals surface area (Å²) in [7, 11) is 0. The third kappa shape index (κ3) is 5.22. The van der Waals surface area contributed by atoms with Crippen molar-refractivity contribution < 1.29 is 14.0 Å². The van der Waals surface area contributed by atoms with Crippen LogP contribution in [0.1, 0.15) is 30.4 Å². The van der Waals surface area contributed by atoms with Gasteiger partial charge in [-0.15, -0.1) is 0 Å². The quantitative estimate of drug-likeness (QED) is 0.762. The summed E-state index contributed by atoms with van der Waals surface area (Å²) in [6.07, 6.45) is 0.874. The topological polar surface area (TPSA) is 84.2 Å². The van der Waals surface area contributed by atoms with E-state index < -0.39 is 0 Å². The van der Waals surface area contributed by atoms with Crippen molar-refractivity contribution in [2.75, 3.05) is 13.1 Å². The van der Waals surface area contributed by atoms with Crippen LogP contribution in [-0.4, -0.2) is 29.9 Å². The second-order valence-corrected chi connectivity index (χ2v) is 5.75. The second-order valence-electron chi connectivity index (χ2n) is 5.75. The van der Waals surface area contributed by atoms with Gasteiger partial charge in [0.05, 0.1) is 12.1 Å². The first kappa shape index (κ1) is 17.7. The normalized spacial score (nSPS) is 10.5. The molecule has 0 unspecified atom stereocenters. The number of carbonyl (C=O) groups is 2. The molecule has 1 heterocycles. The summed E-state index contributed by atoms with van der Waals surface area (Å²) in [4.78, 5) is 27.1. The maximum atomic E-state index is 12.0. The summed E-state index contributed by atoms with van der Waals surface area (Å²) in [5, 5.41) is 5.50. The van der Waals surface area contributed by atoms with Gasteiger partial charge < -0.3 is 15.1 Å². The molecule has 1 aromatic heterocycles. The number of nitrogens with one attached hydrogen (secondary N) is 2. The molecule has 1 aromatic carbocycles. The minimum Gasteiger partial charge on any atom is -0.441 e. The summed E-state index contributed by atoms with van der Waals surface area (Å²) in [5.41, 5.74) is 2.71. The number of aryl methyl sites for hydroxylation is 2. The molecule has 2 N–H and O–H groups in total. The number of benzene rings is 1. The summed E-state index contributed by atoms with van der Waals surface area (Å²) in [6.45, 7) is 6.37. The van der Waals surface area contributed by atoms with Crippen molar-refractivity contribution in [1.82, 2.24) is 15.6 Å². The van der Waals surface area contributed by atoms with Gasteiger partial charge in [-0.2, -0.15) is 0 Å². The van der Waals surface area contributed by atoms with Crippen LogP contribution in [0.15, 0.2) is 28.7 Å². The molecule has 0 aliphatic rings. The lowest BCUT2D eigenvalue weighted by Crippen LogP contribution is -2.29. The van der Waals surface area contributed by atoms with Crippen LogP contribution in [0.4, 0.5) is 0 Å². The summed E-state index contributed by atoms with van der Waals surface area (Å²) >= 11 is 0. The van der Waals surface area contributed by atoms with Gasteiger partial charge in [-0.1, -0.05) is 17.7 Å². The maximum absolute atomic E-state index is 12.0. The molecule has 0 spiro atoms. The van der Waals surface area contributed by atoms with Gasteiger partial charge in [0.2, 0.25) is 17.7 Å². The highest BCUT2D eigenvalue weighted by Gasteiger charge is 2.14. The van der Waals surface area contributed by atoms with E-state index in [1.165, 1.54) is 12.5 Å². The fourth-order valence-corrected chi connectivity index (χ4v) is 2.21. The zero-order chi connectivity index (χ0) is 17.5. The van der Waals surface area contributed by atoms with Crippen molar-refractivity contribution in [3.05, 3.63) is 41.3 Å². The van der Waals surface area contributed by atoms with E-state index in [2.05, 4.69) is 15.6 Å². The number of hydrogen-bond acceptors (Lipinski definition) is 4. The first-order valence-electron chi connectivity index (χ1n) is 8.00. The fourth-order valence-electron chi connectivity index (χ4n) is 2.21. The first-order chi connectivity index (χ1) is 11.5. The van der Waals surface area contributed by atoms with Gasteiger partial charge in [-0.25, -0.2) is 4.98 Å². The molecule has 0 fully saturated rings. The lowest BCUT2D eigenvalue weighted by atomic mass is 10.1. The Bertz CT molecular complexity index is 705. The third-order valence-electron chi connectivity index (χ3n) is 3.57. The summed E-state index contributed by atoms with van der Waals surface area (Å²) < 4.78 is 5.67. The Morgan fingerprint density at radius 2 is 1.75 bits per heavy atom. The standard InChI is InChI=1S/C18H23N3O3/c1-12-5-7-15(8-6-12)18-21-16(13(2)24-18)11-17(23)20-10-4-9-19-14(3)22/h5-8H,4,9-11H2,1-3H3,(H,19,22)(H,20,23). The van der Waals surface area contributed by atoms with Crippen molar-refractivity contribution in [2.24, 2.45) is 0 Å². The van der Waals surface area contributed by atoms with Crippen molar-refractivity contribution in [3.8, 4) is 11.5 Å². The van der Waals surface area contributed by atoms with E-state index in [4.69, 9.17) is 4.42 Å². The molecule has 0 saturated carbocycles. The van der Waals surface area contributed by atoms with Crippen molar-refractivity contribution in [1.29, 1.82) is 0 Å². The molecule has 24 heavy (non-hydrogen) atoms. The van der Waals surface area contributed by atoms with E-state index in [1.807, 2.05) is 38.1 Å². The van der Waals surface area contributed by atoms with Gasteiger partial charge >= 0.3 is 0 Å². The second kappa shape index (κ2) is 8.29. The zero-order valence-electron chi connectivity index (χ0n) is 14.3. The molecular formula is C18H23N3O3. The Labute approximate surface area is 141 Å². The number of carbonyl (C=O) groups excluding carboxylic acids is 2. The van der Waals surface area contributed by atoms with Crippen LogP contribution in [0.25, 0.3) is 11.5 Å². The highest BCUT2D eigenvalue weighted by Crippen LogP contribution is 2.22. The molecule has 0 bridgehead atoms. The molecule has 0 aliphatic heterocycles. The zero-order valence-corrected chi connectivity index (χ0v) is 14.3. The number of aromatic nitrogens is 1. The molecule has 2 rings (SSSR count). The summed E-state index contributed by atoms with van der Waals surface area (Å²) in [6, 6.07) is 7.89. The molecule has 0 atom stereocenters. The molecule has 0 saturated heterocycles. The largest absolute Gasteiger partial charge is 0.441 e. The van der Waals surface area contributed by atoms with Crippen LogP contribution in [0.2, 0.25) is 0 Å². The third-order valence-corrected chi connectivity index (χ3v) is 3.57. The van der Waals surface area contributed by atoms with E-state index in [1.54, 1.807) is 0 Å². The smallest absolute Gasteiger partial charge is 0.226 e. The molecule has 0 radical (unpaired) electrons. The molecule has 0 aliphatic carbocycles. The van der Waals surface area contributed by atoms with E-state index in [9.17, 15) is 9.59 Å². The van der Waals surface area contributed by atoms with E-state index in [-0.39, 0.29) is 18.2 Å². The Hall–Kier alpha value is -2.63. The molecule has 2 aromatic rings. The molecular weight excluding hydrogens is 306 g/mol. The van der Waals surface area contributed by atoms with Gasteiger partial charge in [0.25, 0.3) is 0 Å². The van der Waals surface area contributed by atoms with Crippen LogP contribution in [0, 0.1) is 13.8 Å². The highest BCUT2D eigenvalue weighted by atomic mass is 16.4. The average Bonchev–Trinajstić information content (AvgIpc) is 2.88. The molecule has 2 amide bonds. The SMILES string of the molecule is CC(=O)NCCCNC(=O)Cc1nc(-c2ccc(C)cc2)oc1C. The Morgan fingerprint density at radius 3 is 2.42 bits per heavy atom. The first-order valence-corrected chi connectivity index (χ1v) is 8.00. The monoisotopic (exact) mass is 329 g/mol. The molecule has 6 nitrogen and oxygen atoms in total. The van der Waals surface area contributed by atoms with E-state index in [0.29, 0.717) is 36.9 Å². The van der Waals surface area contributed by atoms with Crippen LogP contribution in [-0.2, 0) is 16.0 Å². The number of amides is 2. The predicted molar refractivity (Wildman–Crippen MR) is 91.4 cm³/mol. The Morgan fingerprint density at radius 1 is 1.08 bits per heavy atom. The minimum absolute atomic E-state index is 0.0665. The van der Waals surface area contributed by atoms with Crippen LogP contribution in [0.3, 0.4) is 0 Å².